The Morgan fingerprint density at radius 1 is 1.24 bits per heavy atom. The molecule has 0 unspecified atom stereocenters. The van der Waals surface area contributed by atoms with Crippen LogP contribution >= 0.6 is 0 Å². The summed E-state index contributed by atoms with van der Waals surface area (Å²) in [5.41, 5.74) is 11.6. The number of nitrogens with two attached hydrogens (primary N) is 1. The van der Waals surface area contributed by atoms with E-state index in [2.05, 4.69) is 24.2 Å². The van der Waals surface area contributed by atoms with E-state index in [-0.39, 0.29) is 0 Å². The SMILES string of the molecule is CC(=O)O/N=C(\Cc1ccccc1C)c1cn(C)c2ccc(N)cc12. The molecule has 0 aliphatic heterocycles. The third-order valence-electron chi connectivity index (χ3n) is 4.23. The summed E-state index contributed by atoms with van der Waals surface area (Å²) in [6.45, 7) is 3.40. The molecule has 0 saturated carbocycles. The van der Waals surface area contributed by atoms with Crippen molar-refractivity contribution < 1.29 is 9.63 Å². The third kappa shape index (κ3) is 3.55. The number of aromatic nitrogens is 1. The van der Waals surface area contributed by atoms with Gasteiger partial charge in [-0.15, -0.1) is 0 Å². The van der Waals surface area contributed by atoms with Crippen molar-refractivity contribution in [3.05, 3.63) is 65.4 Å². The molecule has 0 bridgehead atoms. The highest BCUT2D eigenvalue weighted by Gasteiger charge is 2.15. The van der Waals surface area contributed by atoms with Crippen LogP contribution in [-0.2, 0) is 23.1 Å². The molecule has 0 radical (unpaired) electrons. The smallest absolute Gasteiger partial charge is 0.331 e. The minimum atomic E-state index is -0.443. The van der Waals surface area contributed by atoms with Crippen LogP contribution in [-0.4, -0.2) is 16.2 Å². The standard InChI is InChI=1S/C20H21N3O2/c1-13-6-4-5-7-15(13)10-19(22-25-14(2)24)18-12-23(3)20-9-8-16(21)11-17(18)20/h4-9,11-12H,10,21H2,1-3H3/b22-19+. The molecule has 1 aromatic heterocycles. The second-order valence-corrected chi connectivity index (χ2v) is 6.15. The molecule has 0 atom stereocenters. The summed E-state index contributed by atoms with van der Waals surface area (Å²) in [5.74, 6) is -0.443. The number of nitrogens with zero attached hydrogens (tertiary/aromatic N) is 2. The first kappa shape index (κ1) is 16.8. The van der Waals surface area contributed by atoms with Crippen LogP contribution in [0.3, 0.4) is 0 Å². The van der Waals surface area contributed by atoms with E-state index in [1.54, 1.807) is 0 Å². The normalized spacial score (nSPS) is 11.7. The molecule has 1 heterocycles. The van der Waals surface area contributed by atoms with Gasteiger partial charge >= 0.3 is 5.97 Å². The minimum absolute atomic E-state index is 0.443. The van der Waals surface area contributed by atoms with E-state index < -0.39 is 5.97 Å². The Balaban J connectivity index is 2.12. The Morgan fingerprint density at radius 3 is 2.72 bits per heavy atom. The van der Waals surface area contributed by atoms with Crippen LogP contribution in [0.15, 0.2) is 53.8 Å². The molecule has 2 N–H and O–H groups in total. The van der Waals surface area contributed by atoms with Gasteiger partial charge < -0.3 is 15.1 Å². The molecule has 0 amide bonds. The van der Waals surface area contributed by atoms with Crippen LogP contribution in [0.25, 0.3) is 10.9 Å². The van der Waals surface area contributed by atoms with E-state index in [0.29, 0.717) is 17.8 Å². The van der Waals surface area contributed by atoms with E-state index >= 15 is 0 Å². The van der Waals surface area contributed by atoms with Gasteiger partial charge in [-0.3, -0.25) is 0 Å². The number of anilines is 1. The lowest BCUT2D eigenvalue weighted by atomic mass is 9.98. The van der Waals surface area contributed by atoms with Gasteiger partial charge in [0.15, 0.2) is 0 Å². The molecular formula is C20H21N3O2. The lowest BCUT2D eigenvalue weighted by Gasteiger charge is -2.08. The van der Waals surface area contributed by atoms with Gasteiger partial charge in [-0.1, -0.05) is 29.4 Å². The number of hydrogen-bond donors (Lipinski definition) is 1. The van der Waals surface area contributed by atoms with Crippen molar-refractivity contribution in [2.75, 3.05) is 5.73 Å². The molecule has 25 heavy (non-hydrogen) atoms. The first-order chi connectivity index (χ1) is 12.0. The Hall–Kier alpha value is -3.08. The average molecular weight is 335 g/mol. The zero-order valence-electron chi connectivity index (χ0n) is 14.6. The lowest BCUT2D eigenvalue weighted by molar-refractivity contribution is -0.140. The van der Waals surface area contributed by atoms with Gasteiger partial charge in [0.25, 0.3) is 0 Å². The van der Waals surface area contributed by atoms with Gasteiger partial charge in [-0.25, -0.2) is 4.79 Å². The third-order valence-corrected chi connectivity index (χ3v) is 4.23. The number of carbonyl (C=O) groups is 1. The minimum Gasteiger partial charge on any atom is -0.399 e. The monoisotopic (exact) mass is 335 g/mol. The molecule has 5 heteroatoms. The summed E-state index contributed by atoms with van der Waals surface area (Å²) in [6.07, 6.45) is 2.55. The number of hydrogen-bond acceptors (Lipinski definition) is 4. The predicted octanol–water partition coefficient (Wildman–Crippen LogP) is 3.58. The van der Waals surface area contributed by atoms with Crippen LogP contribution in [0, 0.1) is 6.92 Å². The van der Waals surface area contributed by atoms with Crippen LogP contribution in [0.1, 0.15) is 23.6 Å². The molecule has 0 spiro atoms. The van der Waals surface area contributed by atoms with Crippen molar-refractivity contribution in [3.8, 4) is 0 Å². The molecule has 0 aliphatic carbocycles. The van der Waals surface area contributed by atoms with Crippen LogP contribution in [0.2, 0.25) is 0 Å². The van der Waals surface area contributed by atoms with Gasteiger partial charge in [-0.05, 0) is 36.2 Å². The summed E-state index contributed by atoms with van der Waals surface area (Å²) in [4.78, 5) is 16.2. The van der Waals surface area contributed by atoms with Crippen molar-refractivity contribution in [2.24, 2.45) is 12.2 Å². The topological polar surface area (TPSA) is 69.6 Å². The van der Waals surface area contributed by atoms with Crippen LogP contribution in [0.4, 0.5) is 5.69 Å². The summed E-state index contributed by atoms with van der Waals surface area (Å²) in [6, 6.07) is 13.9. The molecule has 0 fully saturated rings. The Kier molecular flexibility index (Phi) is 4.57. The Labute approximate surface area is 146 Å². The fourth-order valence-corrected chi connectivity index (χ4v) is 2.92. The maximum absolute atomic E-state index is 11.3. The number of nitrogen functional groups attached to an aromatic ring is 1. The number of benzene rings is 2. The van der Waals surface area contributed by atoms with Gasteiger partial charge in [0.2, 0.25) is 0 Å². The maximum Gasteiger partial charge on any atom is 0.331 e. The van der Waals surface area contributed by atoms with E-state index in [1.165, 1.54) is 6.92 Å². The van der Waals surface area contributed by atoms with Crippen LogP contribution < -0.4 is 5.73 Å². The van der Waals surface area contributed by atoms with Gasteiger partial charge in [0.1, 0.15) is 0 Å². The molecule has 0 saturated heterocycles. The predicted molar refractivity (Wildman–Crippen MR) is 101 cm³/mol. The highest BCUT2D eigenvalue weighted by Crippen LogP contribution is 2.25. The van der Waals surface area contributed by atoms with Crippen molar-refractivity contribution in [2.45, 2.75) is 20.3 Å². The second kappa shape index (κ2) is 6.81. The Bertz CT molecular complexity index is 970. The maximum atomic E-state index is 11.3. The van der Waals surface area contributed by atoms with Gasteiger partial charge in [-0.2, -0.15) is 0 Å². The van der Waals surface area contributed by atoms with Gasteiger partial charge in [0, 0.05) is 48.7 Å². The Morgan fingerprint density at radius 2 is 2.00 bits per heavy atom. The fourth-order valence-electron chi connectivity index (χ4n) is 2.92. The quantitative estimate of drug-likeness (QED) is 0.343. The zero-order valence-corrected chi connectivity index (χ0v) is 14.6. The number of fused-ring (bicyclic) bond motifs is 1. The lowest BCUT2D eigenvalue weighted by Crippen LogP contribution is -2.08. The molecule has 3 aromatic rings. The zero-order chi connectivity index (χ0) is 18.0. The van der Waals surface area contributed by atoms with E-state index in [4.69, 9.17) is 10.6 Å². The molecular weight excluding hydrogens is 314 g/mol. The van der Waals surface area contributed by atoms with E-state index in [0.717, 1.165) is 27.6 Å². The summed E-state index contributed by atoms with van der Waals surface area (Å²) in [5, 5.41) is 5.12. The summed E-state index contributed by atoms with van der Waals surface area (Å²) < 4.78 is 2.02. The molecule has 3 rings (SSSR count). The summed E-state index contributed by atoms with van der Waals surface area (Å²) >= 11 is 0. The molecule has 0 aliphatic rings. The largest absolute Gasteiger partial charge is 0.399 e. The number of carbonyl (C=O) groups excluding carboxylic acids is 1. The highest BCUT2D eigenvalue weighted by atomic mass is 16.7. The number of oxime groups is 1. The fraction of sp³-hybridized carbons (Fsp3) is 0.200. The summed E-state index contributed by atoms with van der Waals surface area (Å²) in [7, 11) is 1.97. The van der Waals surface area contributed by atoms with Gasteiger partial charge in [0.05, 0.1) is 5.71 Å². The number of rotatable bonds is 4. The molecule has 5 nitrogen and oxygen atoms in total. The van der Waals surface area contributed by atoms with Crippen molar-refractivity contribution >= 4 is 28.3 Å². The average Bonchev–Trinajstić information content (AvgIpc) is 2.89. The van der Waals surface area contributed by atoms with Crippen molar-refractivity contribution in [1.29, 1.82) is 0 Å². The second-order valence-electron chi connectivity index (χ2n) is 6.15. The molecule has 128 valence electrons. The number of aryl methyl sites for hydroxylation is 2. The van der Waals surface area contributed by atoms with E-state index in [9.17, 15) is 4.79 Å². The van der Waals surface area contributed by atoms with E-state index in [1.807, 2.05) is 48.1 Å². The first-order valence-corrected chi connectivity index (χ1v) is 8.09. The highest BCUT2D eigenvalue weighted by molar-refractivity contribution is 6.12. The molecule has 2 aromatic carbocycles. The van der Waals surface area contributed by atoms with Crippen molar-refractivity contribution in [1.82, 2.24) is 4.57 Å². The van der Waals surface area contributed by atoms with Crippen LogP contribution in [0.5, 0.6) is 0 Å². The van der Waals surface area contributed by atoms with Crippen molar-refractivity contribution in [3.63, 3.8) is 0 Å². The first-order valence-electron chi connectivity index (χ1n) is 8.09.